The molecule has 0 saturated carbocycles. The number of amides is 1. The van der Waals surface area contributed by atoms with Crippen molar-refractivity contribution in [1.29, 1.82) is 0 Å². The number of nitro groups is 1. The van der Waals surface area contributed by atoms with Gasteiger partial charge >= 0.3 is 0 Å². The molecule has 1 aliphatic heterocycles. The first-order valence-corrected chi connectivity index (χ1v) is 6.47. The molecule has 1 unspecified atom stereocenters. The van der Waals surface area contributed by atoms with Crippen LogP contribution < -0.4 is 10.6 Å². The maximum absolute atomic E-state index is 12.3. The van der Waals surface area contributed by atoms with E-state index in [4.69, 9.17) is 0 Å². The summed E-state index contributed by atoms with van der Waals surface area (Å²) in [6.07, 6.45) is 0.895. The van der Waals surface area contributed by atoms with Crippen molar-refractivity contribution in [3.05, 3.63) is 33.9 Å². The van der Waals surface area contributed by atoms with Crippen molar-refractivity contribution in [2.45, 2.75) is 12.5 Å². The van der Waals surface area contributed by atoms with Crippen LogP contribution in [0, 0.1) is 10.1 Å². The van der Waals surface area contributed by atoms with Crippen LogP contribution in [0.4, 0.5) is 11.4 Å². The lowest BCUT2D eigenvalue weighted by molar-refractivity contribution is -0.384. The highest BCUT2D eigenvalue weighted by molar-refractivity contribution is 6.00. The van der Waals surface area contributed by atoms with E-state index in [9.17, 15) is 14.9 Å². The standard InChI is InChI=1S/C13H18N4O3/c1-14-12-4-3-10(17(19)20)7-11(12)13(18)15-9-5-6-16(2)8-9/h3-4,7,9,14H,5-6,8H2,1-2H3,(H,15,18). The SMILES string of the molecule is CNc1ccc([N+](=O)[O-])cc1C(=O)NC1CCN(C)C1. The number of carbonyl (C=O) groups is 1. The molecule has 1 fully saturated rings. The van der Waals surface area contributed by atoms with E-state index >= 15 is 0 Å². The molecule has 1 aliphatic rings. The predicted octanol–water partition coefficient (Wildman–Crippen LogP) is 1.07. The lowest BCUT2D eigenvalue weighted by Crippen LogP contribution is -2.36. The number of hydrogen-bond donors (Lipinski definition) is 2. The fourth-order valence-electron chi connectivity index (χ4n) is 2.37. The first kappa shape index (κ1) is 14.3. The molecule has 20 heavy (non-hydrogen) atoms. The Bertz CT molecular complexity index is 532. The first-order valence-electron chi connectivity index (χ1n) is 6.47. The van der Waals surface area contributed by atoms with Crippen molar-refractivity contribution >= 4 is 17.3 Å². The van der Waals surface area contributed by atoms with Gasteiger partial charge in [-0.05, 0) is 26.1 Å². The molecular formula is C13H18N4O3. The van der Waals surface area contributed by atoms with E-state index in [1.165, 1.54) is 12.1 Å². The fraction of sp³-hybridized carbons (Fsp3) is 0.462. The van der Waals surface area contributed by atoms with Gasteiger partial charge in [0, 0.05) is 37.5 Å². The largest absolute Gasteiger partial charge is 0.387 e. The lowest BCUT2D eigenvalue weighted by Gasteiger charge is -2.14. The molecule has 1 amide bonds. The highest BCUT2D eigenvalue weighted by atomic mass is 16.6. The number of nitrogens with one attached hydrogen (secondary N) is 2. The zero-order valence-corrected chi connectivity index (χ0v) is 11.5. The zero-order chi connectivity index (χ0) is 14.7. The summed E-state index contributed by atoms with van der Waals surface area (Å²) in [5.41, 5.74) is 0.799. The van der Waals surface area contributed by atoms with E-state index in [1.54, 1.807) is 13.1 Å². The number of likely N-dealkylation sites (N-methyl/N-ethyl adjacent to an activating group) is 1. The molecule has 2 N–H and O–H groups in total. The van der Waals surface area contributed by atoms with Gasteiger partial charge in [-0.2, -0.15) is 0 Å². The minimum Gasteiger partial charge on any atom is -0.387 e. The highest BCUT2D eigenvalue weighted by Gasteiger charge is 2.23. The molecule has 0 aliphatic carbocycles. The van der Waals surface area contributed by atoms with Gasteiger partial charge in [0.1, 0.15) is 0 Å². The van der Waals surface area contributed by atoms with Crippen LogP contribution in [-0.2, 0) is 0 Å². The third-order valence-electron chi connectivity index (χ3n) is 3.45. The van der Waals surface area contributed by atoms with E-state index < -0.39 is 4.92 Å². The van der Waals surface area contributed by atoms with E-state index in [2.05, 4.69) is 15.5 Å². The molecule has 0 aromatic heterocycles. The maximum atomic E-state index is 12.3. The van der Waals surface area contributed by atoms with Crippen molar-refractivity contribution in [3.8, 4) is 0 Å². The lowest BCUT2D eigenvalue weighted by atomic mass is 10.1. The summed E-state index contributed by atoms with van der Waals surface area (Å²) in [6, 6.07) is 4.33. The number of anilines is 1. The van der Waals surface area contributed by atoms with Gasteiger partial charge < -0.3 is 15.5 Å². The molecule has 1 heterocycles. The van der Waals surface area contributed by atoms with E-state index in [-0.39, 0.29) is 17.6 Å². The van der Waals surface area contributed by atoms with Gasteiger partial charge in [0.15, 0.2) is 0 Å². The van der Waals surface area contributed by atoms with Gasteiger partial charge in [0.25, 0.3) is 11.6 Å². The summed E-state index contributed by atoms with van der Waals surface area (Å²) >= 11 is 0. The Labute approximate surface area is 117 Å². The molecule has 0 spiro atoms. The van der Waals surface area contributed by atoms with Crippen molar-refractivity contribution in [1.82, 2.24) is 10.2 Å². The predicted molar refractivity (Wildman–Crippen MR) is 76.0 cm³/mol. The van der Waals surface area contributed by atoms with E-state index in [0.29, 0.717) is 11.3 Å². The minimum atomic E-state index is -0.500. The number of nitro benzene ring substituents is 1. The quantitative estimate of drug-likeness (QED) is 0.635. The minimum absolute atomic E-state index is 0.0855. The fourth-order valence-corrected chi connectivity index (χ4v) is 2.37. The average Bonchev–Trinajstić information content (AvgIpc) is 2.83. The summed E-state index contributed by atoms with van der Waals surface area (Å²) in [7, 11) is 3.68. The van der Waals surface area contributed by atoms with Crippen LogP contribution in [-0.4, -0.2) is 49.0 Å². The van der Waals surface area contributed by atoms with Crippen molar-refractivity contribution in [3.63, 3.8) is 0 Å². The van der Waals surface area contributed by atoms with Crippen molar-refractivity contribution in [2.24, 2.45) is 0 Å². The monoisotopic (exact) mass is 278 g/mol. The molecule has 108 valence electrons. The number of non-ortho nitro benzene ring substituents is 1. The summed E-state index contributed by atoms with van der Waals surface area (Å²) in [6.45, 7) is 1.74. The van der Waals surface area contributed by atoms with Crippen LogP contribution in [0.2, 0.25) is 0 Å². The third-order valence-corrected chi connectivity index (χ3v) is 3.45. The Kier molecular flexibility index (Phi) is 4.19. The summed E-state index contributed by atoms with van der Waals surface area (Å²) in [5, 5.41) is 16.6. The Morgan fingerprint density at radius 1 is 1.50 bits per heavy atom. The molecule has 1 saturated heterocycles. The van der Waals surface area contributed by atoms with Gasteiger partial charge in [-0.3, -0.25) is 14.9 Å². The number of rotatable bonds is 4. The van der Waals surface area contributed by atoms with Gasteiger partial charge in [0.05, 0.1) is 10.5 Å². The number of nitrogens with zero attached hydrogens (tertiary/aromatic N) is 2. The van der Waals surface area contributed by atoms with E-state index in [0.717, 1.165) is 19.5 Å². The van der Waals surface area contributed by atoms with Crippen molar-refractivity contribution in [2.75, 3.05) is 32.5 Å². The second kappa shape index (κ2) is 5.87. The molecule has 1 aromatic rings. The Morgan fingerprint density at radius 2 is 2.25 bits per heavy atom. The molecule has 1 aromatic carbocycles. The smallest absolute Gasteiger partial charge is 0.270 e. The summed E-state index contributed by atoms with van der Waals surface area (Å²) in [5.74, 6) is -0.279. The second-order valence-electron chi connectivity index (χ2n) is 4.96. The van der Waals surface area contributed by atoms with Gasteiger partial charge in [-0.15, -0.1) is 0 Å². The Morgan fingerprint density at radius 3 is 2.80 bits per heavy atom. The summed E-state index contributed by atoms with van der Waals surface area (Å²) < 4.78 is 0. The van der Waals surface area contributed by atoms with Crippen LogP contribution in [0.3, 0.4) is 0 Å². The number of likely N-dealkylation sites (tertiary alicyclic amines) is 1. The molecule has 7 heteroatoms. The molecule has 7 nitrogen and oxygen atoms in total. The van der Waals surface area contributed by atoms with E-state index in [1.807, 2.05) is 7.05 Å². The van der Waals surface area contributed by atoms with Gasteiger partial charge in [-0.1, -0.05) is 0 Å². The topological polar surface area (TPSA) is 87.5 Å². The number of carbonyl (C=O) groups excluding carboxylic acids is 1. The van der Waals surface area contributed by atoms with Crippen molar-refractivity contribution < 1.29 is 9.72 Å². The second-order valence-corrected chi connectivity index (χ2v) is 4.96. The molecule has 0 radical (unpaired) electrons. The molecule has 2 rings (SSSR count). The highest BCUT2D eigenvalue weighted by Crippen LogP contribution is 2.22. The van der Waals surface area contributed by atoms with Crippen LogP contribution >= 0.6 is 0 Å². The number of benzene rings is 1. The number of hydrogen-bond acceptors (Lipinski definition) is 5. The Balaban J connectivity index is 2.19. The Hall–Kier alpha value is -2.15. The third kappa shape index (κ3) is 3.05. The molecule has 0 bridgehead atoms. The zero-order valence-electron chi connectivity index (χ0n) is 11.5. The summed E-state index contributed by atoms with van der Waals surface area (Å²) in [4.78, 5) is 24.7. The van der Waals surface area contributed by atoms with Gasteiger partial charge in [0.2, 0.25) is 0 Å². The van der Waals surface area contributed by atoms with Gasteiger partial charge in [-0.25, -0.2) is 0 Å². The van der Waals surface area contributed by atoms with Crippen LogP contribution in [0.15, 0.2) is 18.2 Å². The molecular weight excluding hydrogens is 260 g/mol. The maximum Gasteiger partial charge on any atom is 0.270 e. The van der Waals surface area contributed by atoms with Crippen LogP contribution in [0.25, 0.3) is 0 Å². The molecule has 1 atom stereocenters. The van der Waals surface area contributed by atoms with Crippen LogP contribution in [0.5, 0.6) is 0 Å². The average molecular weight is 278 g/mol. The first-order chi connectivity index (χ1) is 9.51. The van der Waals surface area contributed by atoms with Crippen LogP contribution in [0.1, 0.15) is 16.8 Å². The normalized spacial score (nSPS) is 18.8.